The fourth-order valence-electron chi connectivity index (χ4n) is 4.01. The number of carbonyl (C=O) groups excluding carboxylic acids is 1. The first-order chi connectivity index (χ1) is 10.1. The summed E-state index contributed by atoms with van der Waals surface area (Å²) in [6, 6.07) is 4.53. The summed E-state index contributed by atoms with van der Waals surface area (Å²) in [5.41, 5.74) is 2.40. The Morgan fingerprint density at radius 2 is 2.24 bits per heavy atom. The second kappa shape index (κ2) is 5.48. The van der Waals surface area contributed by atoms with Crippen LogP contribution in [0.1, 0.15) is 50.5 Å². The summed E-state index contributed by atoms with van der Waals surface area (Å²) in [6.07, 6.45) is 3.07. The lowest BCUT2D eigenvalue weighted by atomic mass is 9.76. The van der Waals surface area contributed by atoms with Crippen LogP contribution in [0.15, 0.2) is 12.1 Å². The first kappa shape index (κ1) is 14.6. The summed E-state index contributed by atoms with van der Waals surface area (Å²) in [6.45, 7) is 10.1. The van der Waals surface area contributed by atoms with Crippen LogP contribution in [-0.2, 0) is 11.3 Å². The molecule has 2 unspecified atom stereocenters. The van der Waals surface area contributed by atoms with Gasteiger partial charge in [0.25, 0.3) is 0 Å². The van der Waals surface area contributed by atoms with Gasteiger partial charge in [0.1, 0.15) is 0 Å². The van der Waals surface area contributed by atoms with Gasteiger partial charge in [-0.2, -0.15) is 0 Å². The predicted octanol–water partition coefficient (Wildman–Crippen LogP) is 2.48. The molecule has 2 aliphatic rings. The van der Waals surface area contributed by atoms with Gasteiger partial charge in [0.15, 0.2) is 0 Å². The lowest BCUT2D eigenvalue weighted by Crippen LogP contribution is -2.54. The Balaban J connectivity index is 1.85. The molecule has 0 saturated carbocycles. The molecule has 116 valence electrons. The first-order valence-electron chi connectivity index (χ1n) is 8.27. The van der Waals surface area contributed by atoms with E-state index in [1.54, 1.807) is 0 Å². The number of rotatable bonds is 2. The largest absolute Gasteiger partial charge is 0.345 e. The minimum absolute atomic E-state index is 0.184. The van der Waals surface area contributed by atoms with Gasteiger partial charge in [0.05, 0.1) is 11.5 Å². The average Bonchev–Trinajstić information content (AvgIpc) is 2.90. The summed E-state index contributed by atoms with van der Waals surface area (Å²) in [4.78, 5) is 15.3. The van der Waals surface area contributed by atoms with Crippen molar-refractivity contribution in [2.75, 3.05) is 19.6 Å². The van der Waals surface area contributed by atoms with Crippen LogP contribution in [0.3, 0.4) is 0 Å². The zero-order chi connectivity index (χ0) is 15.0. The minimum atomic E-state index is -0.184. The summed E-state index contributed by atoms with van der Waals surface area (Å²) >= 11 is 0. The molecule has 3 rings (SSSR count). The molecule has 0 spiro atoms. The first-order valence-corrected chi connectivity index (χ1v) is 8.27. The maximum Gasteiger partial charge on any atom is 0.230 e. The van der Waals surface area contributed by atoms with E-state index in [1.807, 2.05) is 0 Å². The summed E-state index contributed by atoms with van der Waals surface area (Å²) in [7, 11) is 0. The van der Waals surface area contributed by atoms with E-state index in [-0.39, 0.29) is 11.5 Å². The lowest BCUT2D eigenvalue weighted by molar-refractivity contribution is -0.147. The highest BCUT2D eigenvalue weighted by atomic mass is 16.2. The molecule has 1 aromatic heterocycles. The van der Waals surface area contributed by atoms with Crippen LogP contribution in [-0.4, -0.2) is 35.0 Å². The molecular weight excluding hydrogens is 262 g/mol. The fourth-order valence-corrected chi connectivity index (χ4v) is 4.01. The fraction of sp³-hybridized carbons (Fsp3) is 0.706. The second-order valence-electron chi connectivity index (χ2n) is 6.64. The van der Waals surface area contributed by atoms with Crippen molar-refractivity contribution in [1.29, 1.82) is 0 Å². The zero-order valence-electron chi connectivity index (χ0n) is 13.5. The number of fused-ring (bicyclic) bond motifs is 1. The van der Waals surface area contributed by atoms with Crippen molar-refractivity contribution in [3.63, 3.8) is 0 Å². The van der Waals surface area contributed by atoms with Crippen molar-refractivity contribution in [3.8, 4) is 0 Å². The Kier molecular flexibility index (Phi) is 3.82. The molecule has 2 aliphatic heterocycles. The van der Waals surface area contributed by atoms with E-state index < -0.39 is 0 Å². The van der Waals surface area contributed by atoms with Gasteiger partial charge in [0.2, 0.25) is 5.91 Å². The smallest absolute Gasteiger partial charge is 0.230 e. The van der Waals surface area contributed by atoms with Crippen LogP contribution in [0.25, 0.3) is 0 Å². The highest BCUT2D eigenvalue weighted by Crippen LogP contribution is 2.37. The van der Waals surface area contributed by atoms with Gasteiger partial charge in [-0.15, -0.1) is 0 Å². The van der Waals surface area contributed by atoms with Crippen molar-refractivity contribution in [1.82, 2.24) is 14.8 Å². The third-order valence-electron chi connectivity index (χ3n) is 5.56. The van der Waals surface area contributed by atoms with Gasteiger partial charge in [0, 0.05) is 31.0 Å². The molecule has 0 aliphatic carbocycles. The van der Waals surface area contributed by atoms with Crippen LogP contribution in [0.4, 0.5) is 0 Å². The van der Waals surface area contributed by atoms with Gasteiger partial charge in [-0.1, -0.05) is 6.92 Å². The minimum Gasteiger partial charge on any atom is -0.345 e. The third-order valence-corrected chi connectivity index (χ3v) is 5.56. The molecule has 2 atom stereocenters. The molecule has 3 heterocycles. The van der Waals surface area contributed by atoms with E-state index in [2.05, 4.69) is 47.7 Å². The van der Waals surface area contributed by atoms with Crippen molar-refractivity contribution >= 4 is 5.91 Å². The molecule has 0 radical (unpaired) electrons. The summed E-state index contributed by atoms with van der Waals surface area (Å²) in [5.74, 6) is 0.356. The number of aryl methyl sites for hydroxylation is 1. The maximum absolute atomic E-state index is 13.2. The zero-order valence-corrected chi connectivity index (χ0v) is 13.5. The van der Waals surface area contributed by atoms with Crippen molar-refractivity contribution in [2.24, 2.45) is 5.41 Å². The number of hydrogen-bond acceptors (Lipinski definition) is 2. The third kappa shape index (κ3) is 2.30. The Labute approximate surface area is 127 Å². The lowest BCUT2D eigenvalue weighted by Gasteiger charge is -2.44. The normalized spacial score (nSPS) is 29.3. The molecule has 1 amide bonds. The van der Waals surface area contributed by atoms with E-state index in [9.17, 15) is 4.79 Å². The van der Waals surface area contributed by atoms with Gasteiger partial charge in [-0.3, -0.25) is 4.79 Å². The SMILES string of the molecule is CCC1(C(=O)N2CCn3c(C)ccc3C2C)CCCNC1. The molecule has 21 heavy (non-hydrogen) atoms. The van der Waals surface area contributed by atoms with Crippen molar-refractivity contribution in [3.05, 3.63) is 23.5 Å². The maximum atomic E-state index is 13.2. The molecule has 4 nitrogen and oxygen atoms in total. The molecule has 4 heteroatoms. The Morgan fingerprint density at radius 3 is 2.90 bits per heavy atom. The van der Waals surface area contributed by atoms with Gasteiger partial charge in [-0.05, 0) is 51.8 Å². The molecular formula is C17H27N3O. The van der Waals surface area contributed by atoms with E-state index in [0.717, 1.165) is 45.4 Å². The highest BCUT2D eigenvalue weighted by molar-refractivity contribution is 5.83. The average molecular weight is 289 g/mol. The predicted molar refractivity (Wildman–Crippen MR) is 84.1 cm³/mol. The number of carbonyl (C=O) groups is 1. The van der Waals surface area contributed by atoms with Crippen LogP contribution >= 0.6 is 0 Å². The summed E-state index contributed by atoms with van der Waals surface area (Å²) < 4.78 is 2.35. The van der Waals surface area contributed by atoms with Crippen molar-refractivity contribution < 1.29 is 4.79 Å². The van der Waals surface area contributed by atoms with E-state index in [1.165, 1.54) is 11.4 Å². The Hall–Kier alpha value is -1.29. The van der Waals surface area contributed by atoms with E-state index in [4.69, 9.17) is 0 Å². The highest BCUT2D eigenvalue weighted by Gasteiger charge is 2.43. The van der Waals surface area contributed by atoms with Crippen LogP contribution in [0.5, 0.6) is 0 Å². The molecule has 1 N–H and O–H groups in total. The van der Waals surface area contributed by atoms with Crippen LogP contribution in [0.2, 0.25) is 0 Å². The van der Waals surface area contributed by atoms with E-state index >= 15 is 0 Å². The number of hydrogen-bond donors (Lipinski definition) is 1. The number of amides is 1. The number of nitrogens with zero attached hydrogens (tertiary/aromatic N) is 2. The van der Waals surface area contributed by atoms with Crippen LogP contribution < -0.4 is 5.32 Å². The molecule has 1 saturated heterocycles. The molecule has 0 aromatic carbocycles. The van der Waals surface area contributed by atoms with Gasteiger partial charge < -0.3 is 14.8 Å². The topological polar surface area (TPSA) is 37.3 Å². The van der Waals surface area contributed by atoms with Crippen LogP contribution in [0, 0.1) is 12.3 Å². The quantitative estimate of drug-likeness (QED) is 0.908. The number of piperidine rings is 1. The standard InChI is InChI=1S/C17H27N3O/c1-4-17(8-5-9-18-12-17)16(21)20-11-10-19-13(2)6-7-15(19)14(20)3/h6-7,14,18H,4-5,8-12H2,1-3H3. The monoisotopic (exact) mass is 289 g/mol. The second-order valence-corrected chi connectivity index (χ2v) is 6.64. The van der Waals surface area contributed by atoms with Crippen molar-refractivity contribution in [2.45, 2.75) is 52.6 Å². The molecule has 1 fully saturated rings. The Bertz CT molecular complexity index is 528. The van der Waals surface area contributed by atoms with E-state index in [0.29, 0.717) is 5.91 Å². The molecule has 1 aromatic rings. The number of nitrogens with one attached hydrogen (secondary N) is 1. The van der Waals surface area contributed by atoms with Gasteiger partial charge >= 0.3 is 0 Å². The summed E-state index contributed by atoms with van der Waals surface area (Å²) in [5, 5.41) is 3.43. The number of aromatic nitrogens is 1. The Morgan fingerprint density at radius 1 is 1.43 bits per heavy atom. The molecule has 0 bridgehead atoms. The van der Waals surface area contributed by atoms with Gasteiger partial charge in [-0.25, -0.2) is 0 Å².